The lowest BCUT2D eigenvalue weighted by molar-refractivity contribution is 0.0953. The Balaban J connectivity index is 1.86. The van der Waals surface area contributed by atoms with E-state index in [1.165, 1.54) is 0 Å². The van der Waals surface area contributed by atoms with E-state index >= 15 is 0 Å². The SMILES string of the molecule is Cc1cncc(C(=O)NCCc2ccc(N)cc2)c1. The number of hydrogen-bond donors (Lipinski definition) is 2. The molecule has 0 bridgehead atoms. The van der Waals surface area contributed by atoms with E-state index in [0.29, 0.717) is 12.1 Å². The standard InChI is InChI=1S/C15H17N3O/c1-11-8-13(10-17-9-11)15(19)18-7-6-12-2-4-14(16)5-3-12/h2-5,8-10H,6-7,16H2,1H3,(H,18,19). The Kier molecular flexibility index (Phi) is 4.13. The molecule has 0 spiro atoms. The summed E-state index contributed by atoms with van der Waals surface area (Å²) in [5, 5.41) is 2.88. The summed E-state index contributed by atoms with van der Waals surface area (Å²) in [5.41, 5.74) is 9.09. The van der Waals surface area contributed by atoms with Gasteiger partial charge in [-0.05, 0) is 42.7 Å². The minimum Gasteiger partial charge on any atom is -0.399 e. The van der Waals surface area contributed by atoms with E-state index in [-0.39, 0.29) is 5.91 Å². The number of carbonyl (C=O) groups excluding carboxylic acids is 1. The third kappa shape index (κ3) is 3.81. The Hall–Kier alpha value is -2.36. The van der Waals surface area contributed by atoms with Crippen LogP contribution in [0, 0.1) is 6.92 Å². The molecule has 4 nitrogen and oxygen atoms in total. The minimum absolute atomic E-state index is 0.0911. The van der Waals surface area contributed by atoms with E-state index in [1.54, 1.807) is 12.4 Å². The number of pyridine rings is 1. The summed E-state index contributed by atoms with van der Waals surface area (Å²) in [6.45, 7) is 2.51. The van der Waals surface area contributed by atoms with Gasteiger partial charge in [0, 0.05) is 24.6 Å². The maximum atomic E-state index is 11.9. The van der Waals surface area contributed by atoms with Crippen LogP contribution in [-0.4, -0.2) is 17.4 Å². The van der Waals surface area contributed by atoms with Crippen LogP contribution in [0.3, 0.4) is 0 Å². The van der Waals surface area contributed by atoms with E-state index in [0.717, 1.165) is 23.2 Å². The van der Waals surface area contributed by atoms with Crippen molar-refractivity contribution in [3.8, 4) is 0 Å². The number of nitrogens with two attached hydrogens (primary N) is 1. The molecule has 1 aromatic heterocycles. The van der Waals surface area contributed by atoms with E-state index in [2.05, 4.69) is 10.3 Å². The fourth-order valence-electron chi connectivity index (χ4n) is 1.79. The number of benzene rings is 1. The van der Waals surface area contributed by atoms with Crippen molar-refractivity contribution in [2.75, 3.05) is 12.3 Å². The molecule has 4 heteroatoms. The van der Waals surface area contributed by atoms with Crippen LogP contribution in [0.5, 0.6) is 0 Å². The first-order chi connectivity index (χ1) is 9.15. The summed E-state index contributed by atoms with van der Waals surface area (Å²) < 4.78 is 0. The van der Waals surface area contributed by atoms with Crippen LogP contribution >= 0.6 is 0 Å². The lowest BCUT2D eigenvalue weighted by atomic mass is 10.1. The fourth-order valence-corrected chi connectivity index (χ4v) is 1.79. The number of amides is 1. The van der Waals surface area contributed by atoms with Crippen LogP contribution in [0.1, 0.15) is 21.5 Å². The highest BCUT2D eigenvalue weighted by atomic mass is 16.1. The average molecular weight is 255 g/mol. The predicted molar refractivity (Wildman–Crippen MR) is 75.9 cm³/mol. The highest BCUT2D eigenvalue weighted by molar-refractivity contribution is 5.93. The Morgan fingerprint density at radius 2 is 2.00 bits per heavy atom. The molecule has 1 amide bonds. The largest absolute Gasteiger partial charge is 0.399 e. The number of nitrogens with zero attached hydrogens (tertiary/aromatic N) is 1. The normalized spacial score (nSPS) is 10.2. The number of carbonyl (C=O) groups is 1. The van der Waals surface area contributed by atoms with E-state index in [1.807, 2.05) is 37.3 Å². The summed E-state index contributed by atoms with van der Waals surface area (Å²) in [6, 6.07) is 9.49. The molecule has 0 fully saturated rings. The number of aryl methyl sites for hydroxylation is 1. The van der Waals surface area contributed by atoms with E-state index in [9.17, 15) is 4.79 Å². The first-order valence-electron chi connectivity index (χ1n) is 6.19. The molecule has 2 rings (SSSR count). The molecule has 0 atom stereocenters. The maximum absolute atomic E-state index is 11.9. The van der Waals surface area contributed by atoms with Crippen LogP contribution in [-0.2, 0) is 6.42 Å². The highest BCUT2D eigenvalue weighted by Crippen LogP contribution is 2.06. The second-order valence-electron chi connectivity index (χ2n) is 4.50. The van der Waals surface area contributed by atoms with Crippen LogP contribution < -0.4 is 11.1 Å². The average Bonchev–Trinajstić information content (AvgIpc) is 2.41. The third-order valence-corrected chi connectivity index (χ3v) is 2.82. The molecule has 1 heterocycles. The molecule has 3 N–H and O–H groups in total. The number of hydrogen-bond acceptors (Lipinski definition) is 3. The Labute approximate surface area is 112 Å². The number of anilines is 1. The van der Waals surface area contributed by atoms with Gasteiger partial charge in [0.25, 0.3) is 5.91 Å². The van der Waals surface area contributed by atoms with Gasteiger partial charge in [0.05, 0.1) is 5.56 Å². The molecule has 19 heavy (non-hydrogen) atoms. The molecular weight excluding hydrogens is 238 g/mol. The van der Waals surface area contributed by atoms with Crippen molar-refractivity contribution in [2.45, 2.75) is 13.3 Å². The molecule has 0 saturated carbocycles. The second kappa shape index (κ2) is 6.00. The van der Waals surface area contributed by atoms with Crippen molar-refractivity contribution in [1.29, 1.82) is 0 Å². The maximum Gasteiger partial charge on any atom is 0.252 e. The molecular formula is C15H17N3O. The van der Waals surface area contributed by atoms with E-state index < -0.39 is 0 Å². The number of nitrogens with one attached hydrogen (secondary N) is 1. The zero-order chi connectivity index (χ0) is 13.7. The van der Waals surface area contributed by atoms with Crippen LogP contribution in [0.4, 0.5) is 5.69 Å². The van der Waals surface area contributed by atoms with Crippen LogP contribution in [0.2, 0.25) is 0 Å². The van der Waals surface area contributed by atoms with Crippen molar-refractivity contribution in [2.24, 2.45) is 0 Å². The van der Waals surface area contributed by atoms with Gasteiger partial charge in [-0.1, -0.05) is 12.1 Å². The van der Waals surface area contributed by atoms with Crippen molar-refractivity contribution < 1.29 is 4.79 Å². The smallest absolute Gasteiger partial charge is 0.252 e. The number of nitrogen functional groups attached to an aromatic ring is 1. The first-order valence-corrected chi connectivity index (χ1v) is 6.19. The predicted octanol–water partition coefficient (Wildman–Crippen LogP) is 1.94. The van der Waals surface area contributed by atoms with Gasteiger partial charge in [0.15, 0.2) is 0 Å². The Morgan fingerprint density at radius 3 is 2.68 bits per heavy atom. The summed E-state index contributed by atoms with van der Waals surface area (Å²) in [4.78, 5) is 15.9. The summed E-state index contributed by atoms with van der Waals surface area (Å²) in [6.07, 6.45) is 4.09. The summed E-state index contributed by atoms with van der Waals surface area (Å²) in [7, 11) is 0. The molecule has 0 unspecified atom stereocenters. The van der Waals surface area contributed by atoms with Gasteiger partial charge in [0.2, 0.25) is 0 Å². The van der Waals surface area contributed by atoms with Gasteiger partial charge >= 0.3 is 0 Å². The van der Waals surface area contributed by atoms with Gasteiger partial charge in [-0.15, -0.1) is 0 Å². The molecule has 2 aromatic rings. The third-order valence-electron chi connectivity index (χ3n) is 2.82. The fraction of sp³-hybridized carbons (Fsp3) is 0.200. The molecule has 0 aliphatic heterocycles. The minimum atomic E-state index is -0.0911. The monoisotopic (exact) mass is 255 g/mol. The van der Waals surface area contributed by atoms with Crippen molar-refractivity contribution in [3.63, 3.8) is 0 Å². The van der Waals surface area contributed by atoms with Gasteiger partial charge in [-0.2, -0.15) is 0 Å². The second-order valence-corrected chi connectivity index (χ2v) is 4.50. The van der Waals surface area contributed by atoms with Crippen LogP contribution in [0.25, 0.3) is 0 Å². The van der Waals surface area contributed by atoms with Gasteiger partial charge in [0.1, 0.15) is 0 Å². The lowest BCUT2D eigenvalue weighted by Crippen LogP contribution is -2.25. The van der Waals surface area contributed by atoms with Gasteiger partial charge < -0.3 is 11.1 Å². The van der Waals surface area contributed by atoms with E-state index in [4.69, 9.17) is 5.73 Å². The topological polar surface area (TPSA) is 68.0 Å². The quantitative estimate of drug-likeness (QED) is 0.820. The first kappa shape index (κ1) is 13.1. The Bertz CT molecular complexity index is 564. The lowest BCUT2D eigenvalue weighted by Gasteiger charge is -2.06. The molecule has 0 saturated heterocycles. The molecule has 98 valence electrons. The molecule has 1 aromatic carbocycles. The molecule has 0 aliphatic rings. The zero-order valence-electron chi connectivity index (χ0n) is 10.9. The summed E-state index contributed by atoms with van der Waals surface area (Å²) in [5.74, 6) is -0.0911. The van der Waals surface area contributed by atoms with Crippen LogP contribution in [0.15, 0.2) is 42.7 Å². The number of rotatable bonds is 4. The molecule has 0 radical (unpaired) electrons. The van der Waals surface area contributed by atoms with Gasteiger partial charge in [-0.3, -0.25) is 9.78 Å². The van der Waals surface area contributed by atoms with Crippen molar-refractivity contribution >= 4 is 11.6 Å². The highest BCUT2D eigenvalue weighted by Gasteiger charge is 2.05. The summed E-state index contributed by atoms with van der Waals surface area (Å²) >= 11 is 0. The molecule has 0 aliphatic carbocycles. The van der Waals surface area contributed by atoms with Gasteiger partial charge in [-0.25, -0.2) is 0 Å². The Morgan fingerprint density at radius 1 is 1.26 bits per heavy atom. The van der Waals surface area contributed by atoms with Crippen molar-refractivity contribution in [3.05, 3.63) is 59.4 Å². The zero-order valence-corrected chi connectivity index (χ0v) is 10.9. The van der Waals surface area contributed by atoms with Crippen molar-refractivity contribution in [1.82, 2.24) is 10.3 Å². The number of aromatic nitrogens is 1.